The van der Waals surface area contributed by atoms with E-state index in [0.29, 0.717) is 20.8 Å². The second-order valence-corrected chi connectivity index (χ2v) is 4.86. The molecule has 14 heavy (non-hydrogen) atoms. The minimum Gasteiger partial charge on any atom is -0.352 e. The summed E-state index contributed by atoms with van der Waals surface area (Å²) in [6, 6.07) is 1.57. The van der Waals surface area contributed by atoms with Gasteiger partial charge in [-0.05, 0) is 12.5 Å². The number of rotatable bonds is 4. The van der Waals surface area contributed by atoms with Gasteiger partial charge in [0, 0.05) is 6.54 Å². The highest BCUT2D eigenvalue weighted by atomic mass is 35.5. The average molecular weight is 250 g/mol. The molecule has 1 aromatic rings. The molecule has 0 aliphatic carbocycles. The van der Waals surface area contributed by atoms with Crippen LogP contribution in [0.15, 0.2) is 18.7 Å². The Kier molecular flexibility index (Phi) is 4.45. The molecule has 1 rings (SSSR count). The van der Waals surface area contributed by atoms with E-state index in [1.165, 1.54) is 11.3 Å². The summed E-state index contributed by atoms with van der Waals surface area (Å²) in [7, 11) is 0. The molecule has 0 saturated carbocycles. The molecule has 0 aliphatic rings. The van der Waals surface area contributed by atoms with Crippen LogP contribution in [0.4, 0.5) is 0 Å². The van der Waals surface area contributed by atoms with Crippen LogP contribution in [0.2, 0.25) is 8.67 Å². The lowest BCUT2D eigenvalue weighted by Crippen LogP contribution is -2.23. The molecule has 2 nitrogen and oxygen atoms in total. The molecule has 0 atom stereocenters. The second kappa shape index (κ2) is 5.39. The van der Waals surface area contributed by atoms with E-state index >= 15 is 0 Å². The molecule has 0 bridgehead atoms. The van der Waals surface area contributed by atoms with Crippen molar-refractivity contribution in [1.82, 2.24) is 5.32 Å². The van der Waals surface area contributed by atoms with Gasteiger partial charge in [0.15, 0.2) is 0 Å². The maximum absolute atomic E-state index is 11.5. The third-order valence-corrected chi connectivity index (χ3v) is 3.02. The first kappa shape index (κ1) is 11.6. The molecule has 0 unspecified atom stereocenters. The minimum atomic E-state index is -0.194. The van der Waals surface area contributed by atoms with E-state index in [-0.39, 0.29) is 5.91 Å². The molecule has 0 spiro atoms. The Labute approximate surface area is 96.5 Å². The fourth-order valence-electron chi connectivity index (χ4n) is 0.878. The SMILES string of the molecule is C=CCCNC(=O)c1cc(Cl)sc1Cl. The first-order valence-corrected chi connectivity index (χ1v) is 5.56. The fraction of sp³-hybridized carbons (Fsp3) is 0.222. The zero-order chi connectivity index (χ0) is 10.6. The molecule has 0 radical (unpaired) electrons. The summed E-state index contributed by atoms with van der Waals surface area (Å²) in [4.78, 5) is 11.5. The molecule has 0 fully saturated rings. The van der Waals surface area contributed by atoms with E-state index in [4.69, 9.17) is 23.2 Å². The van der Waals surface area contributed by atoms with E-state index in [9.17, 15) is 4.79 Å². The quantitative estimate of drug-likeness (QED) is 0.644. The summed E-state index contributed by atoms with van der Waals surface area (Å²) in [6.07, 6.45) is 2.48. The molecular formula is C9H9Cl2NOS. The van der Waals surface area contributed by atoms with Gasteiger partial charge >= 0.3 is 0 Å². The summed E-state index contributed by atoms with van der Waals surface area (Å²) in [6.45, 7) is 4.12. The third kappa shape index (κ3) is 3.01. The number of hydrogen-bond acceptors (Lipinski definition) is 2. The van der Waals surface area contributed by atoms with Crippen molar-refractivity contribution in [3.8, 4) is 0 Å². The normalized spacial score (nSPS) is 9.86. The Morgan fingerprint density at radius 3 is 2.86 bits per heavy atom. The van der Waals surface area contributed by atoms with Crippen molar-refractivity contribution in [1.29, 1.82) is 0 Å². The standard InChI is InChI=1S/C9H9Cl2NOS/c1-2-3-4-12-9(13)6-5-7(10)14-8(6)11/h2,5H,1,3-4H2,(H,12,13). The summed E-state index contributed by atoms with van der Waals surface area (Å²) in [5.41, 5.74) is 0.436. The van der Waals surface area contributed by atoms with Crippen molar-refractivity contribution >= 4 is 40.4 Å². The van der Waals surface area contributed by atoms with Gasteiger partial charge in [-0.2, -0.15) is 0 Å². The van der Waals surface area contributed by atoms with Crippen LogP contribution in [0, 0.1) is 0 Å². The molecule has 76 valence electrons. The maximum atomic E-state index is 11.5. The summed E-state index contributed by atoms with van der Waals surface area (Å²) >= 11 is 12.7. The van der Waals surface area contributed by atoms with Gasteiger partial charge in [0.05, 0.1) is 9.90 Å². The monoisotopic (exact) mass is 249 g/mol. The van der Waals surface area contributed by atoms with Crippen LogP contribution in [-0.2, 0) is 0 Å². The molecule has 1 aromatic heterocycles. The van der Waals surface area contributed by atoms with Crippen LogP contribution >= 0.6 is 34.5 Å². The minimum absolute atomic E-state index is 0.194. The van der Waals surface area contributed by atoms with Crippen LogP contribution in [0.3, 0.4) is 0 Å². The largest absolute Gasteiger partial charge is 0.352 e. The van der Waals surface area contributed by atoms with E-state index in [0.717, 1.165) is 6.42 Å². The Morgan fingerprint density at radius 1 is 1.64 bits per heavy atom. The van der Waals surface area contributed by atoms with Gasteiger partial charge in [0.1, 0.15) is 4.34 Å². The Morgan fingerprint density at radius 2 is 2.36 bits per heavy atom. The van der Waals surface area contributed by atoms with Crippen LogP contribution < -0.4 is 5.32 Å². The zero-order valence-corrected chi connectivity index (χ0v) is 9.68. The molecule has 0 aromatic carbocycles. The Balaban J connectivity index is 2.60. The molecular weight excluding hydrogens is 241 g/mol. The molecule has 5 heteroatoms. The number of carbonyl (C=O) groups is 1. The molecule has 1 heterocycles. The number of thiophene rings is 1. The van der Waals surface area contributed by atoms with Gasteiger partial charge in [-0.3, -0.25) is 4.79 Å². The fourth-order valence-corrected chi connectivity index (χ4v) is 2.34. The number of nitrogens with one attached hydrogen (secondary N) is 1. The summed E-state index contributed by atoms with van der Waals surface area (Å²) in [5, 5.41) is 2.71. The van der Waals surface area contributed by atoms with Gasteiger partial charge in [-0.1, -0.05) is 29.3 Å². The predicted molar refractivity (Wildman–Crippen MR) is 61.5 cm³/mol. The first-order valence-electron chi connectivity index (χ1n) is 3.99. The van der Waals surface area contributed by atoms with E-state index in [1.807, 2.05) is 0 Å². The van der Waals surface area contributed by atoms with Gasteiger partial charge in [-0.15, -0.1) is 17.9 Å². The second-order valence-electron chi connectivity index (χ2n) is 2.57. The number of hydrogen-bond donors (Lipinski definition) is 1. The Hall–Kier alpha value is -0.510. The van der Waals surface area contributed by atoms with Crippen molar-refractivity contribution in [2.45, 2.75) is 6.42 Å². The highest BCUT2D eigenvalue weighted by Gasteiger charge is 2.12. The first-order chi connectivity index (χ1) is 6.65. The average Bonchev–Trinajstić information content (AvgIpc) is 2.45. The summed E-state index contributed by atoms with van der Waals surface area (Å²) < 4.78 is 0.940. The van der Waals surface area contributed by atoms with Gasteiger partial charge in [0.25, 0.3) is 5.91 Å². The van der Waals surface area contributed by atoms with Gasteiger partial charge in [-0.25, -0.2) is 0 Å². The van der Waals surface area contributed by atoms with Crippen LogP contribution in [0.1, 0.15) is 16.8 Å². The number of carbonyl (C=O) groups excluding carboxylic acids is 1. The van der Waals surface area contributed by atoms with E-state index in [1.54, 1.807) is 12.1 Å². The van der Waals surface area contributed by atoms with Crippen molar-refractivity contribution < 1.29 is 4.79 Å². The van der Waals surface area contributed by atoms with Crippen LogP contribution in [-0.4, -0.2) is 12.5 Å². The predicted octanol–water partition coefficient (Wildman–Crippen LogP) is 3.36. The van der Waals surface area contributed by atoms with Crippen molar-refractivity contribution in [3.63, 3.8) is 0 Å². The van der Waals surface area contributed by atoms with Crippen molar-refractivity contribution in [2.75, 3.05) is 6.54 Å². The van der Waals surface area contributed by atoms with Crippen molar-refractivity contribution in [3.05, 3.63) is 33.0 Å². The van der Waals surface area contributed by atoms with Crippen molar-refractivity contribution in [2.24, 2.45) is 0 Å². The van der Waals surface area contributed by atoms with Crippen LogP contribution in [0.25, 0.3) is 0 Å². The summed E-state index contributed by atoms with van der Waals surface area (Å²) in [5.74, 6) is -0.194. The van der Waals surface area contributed by atoms with E-state index in [2.05, 4.69) is 11.9 Å². The lowest BCUT2D eigenvalue weighted by Gasteiger charge is -2.00. The molecule has 1 amide bonds. The zero-order valence-electron chi connectivity index (χ0n) is 7.35. The smallest absolute Gasteiger partial charge is 0.253 e. The molecule has 0 saturated heterocycles. The highest BCUT2D eigenvalue weighted by Crippen LogP contribution is 2.30. The third-order valence-electron chi connectivity index (χ3n) is 1.54. The lowest BCUT2D eigenvalue weighted by molar-refractivity contribution is 0.0955. The van der Waals surface area contributed by atoms with E-state index < -0.39 is 0 Å². The topological polar surface area (TPSA) is 29.1 Å². The number of amides is 1. The van der Waals surface area contributed by atoms with Gasteiger partial charge in [0.2, 0.25) is 0 Å². The lowest BCUT2D eigenvalue weighted by atomic mass is 10.3. The van der Waals surface area contributed by atoms with Crippen LogP contribution in [0.5, 0.6) is 0 Å². The Bertz CT molecular complexity index is 349. The molecule has 0 aliphatic heterocycles. The highest BCUT2D eigenvalue weighted by molar-refractivity contribution is 7.20. The number of halogens is 2. The molecule has 1 N–H and O–H groups in total. The maximum Gasteiger partial charge on any atom is 0.253 e. The van der Waals surface area contributed by atoms with Gasteiger partial charge < -0.3 is 5.32 Å².